The summed E-state index contributed by atoms with van der Waals surface area (Å²) in [6.45, 7) is 0.101. The molecule has 1 fully saturated rings. The molecule has 3 aromatic rings. The maximum atomic E-state index is 12.8. The molecule has 2 N–H and O–H groups in total. The summed E-state index contributed by atoms with van der Waals surface area (Å²) in [5.74, 6) is 0.511. The highest BCUT2D eigenvalue weighted by Gasteiger charge is 2.37. The van der Waals surface area contributed by atoms with Gasteiger partial charge in [-0.25, -0.2) is 4.79 Å². The summed E-state index contributed by atoms with van der Waals surface area (Å²) in [5, 5.41) is 6.53. The van der Waals surface area contributed by atoms with Crippen LogP contribution in [-0.2, 0) is 23.2 Å². The monoisotopic (exact) mass is 450 g/mol. The predicted octanol–water partition coefficient (Wildman–Crippen LogP) is 3.03. The van der Waals surface area contributed by atoms with Crippen LogP contribution in [0.15, 0.2) is 48.7 Å². The second-order valence-electron chi connectivity index (χ2n) is 7.87. The molecule has 4 rings (SSSR count). The molecule has 0 bridgehead atoms. The molecule has 0 radical (unpaired) electrons. The Morgan fingerprint density at radius 3 is 2.64 bits per heavy atom. The van der Waals surface area contributed by atoms with Crippen molar-refractivity contribution in [2.24, 2.45) is 7.05 Å². The Hall–Kier alpha value is -4.01. The van der Waals surface area contributed by atoms with Gasteiger partial charge in [0.15, 0.2) is 11.5 Å². The highest BCUT2D eigenvalue weighted by atomic mass is 16.5. The summed E-state index contributed by atoms with van der Waals surface area (Å²) in [7, 11) is 5.00. The molecule has 33 heavy (non-hydrogen) atoms. The average molecular weight is 450 g/mol. The molecule has 0 aliphatic carbocycles. The summed E-state index contributed by atoms with van der Waals surface area (Å²) in [6, 6.07) is 11.6. The van der Waals surface area contributed by atoms with Gasteiger partial charge >= 0.3 is 6.03 Å². The van der Waals surface area contributed by atoms with Crippen LogP contribution in [0, 0.1) is 0 Å². The molecule has 0 saturated carbocycles. The third kappa shape index (κ3) is 4.48. The van der Waals surface area contributed by atoms with E-state index in [0.717, 1.165) is 27.1 Å². The number of imide groups is 1. The summed E-state index contributed by atoms with van der Waals surface area (Å²) in [6.07, 6.45) is 2.24. The number of carbonyl (C=O) groups is 3. The Balaban J connectivity index is 1.36. The van der Waals surface area contributed by atoms with Crippen LogP contribution >= 0.6 is 0 Å². The van der Waals surface area contributed by atoms with E-state index in [4.69, 9.17) is 9.47 Å². The van der Waals surface area contributed by atoms with Crippen molar-refractivity contribution in [1.29, 1.82) is 0 Å². The number of ether oxygens (including phenoxy) is 2. The van der Waals surface area contributed by atoms with Gasteiger partial charge in [-0.2, -0.15) is 0 Å². The second kappa shape index (κ2) is 9.23. The number of fused-ring (bicyclic) bond motifs is 1. The molecule has 1 atom stereocenters. The number of benzene rings is 2. The van der Waals surface area contributed by atoms with Gasteiger partial charge in [0.2, 0.25) is 5.91 Å². The minimum Gasteiger partial charge on any atom is -0.493 e. The van der Waals surface area contributed by atoms with E-state index < -0.39 is 12.1 Å². The lowest BCUT2D eigenvalue weighted by atomic mass is 10.1. The first-order chi connectivity index (χ1) is 15.9. The molecule has 1 aliphatic rings. The molecule has 1 aromatic heterocycles. The van der Waals surface area contributed by atoms with Crippen LogP contribution in [0.2, 0.25) is 0 Å². The van der Waals surface area contributed by atoms with E-state index in [0.29, 0.717) is 11.5 Å². The lowest BCUT2D eigenvalue weighted by Crippen LogP contribution is -2.31. The first-order valence-corrected chi connectivity index (χ1v) is 10.6. The van der Waals surface area contributed by atoms with Crippen LogP contribution in [0.4, 0.5) is 10.5 Å². The maximum absolute atomic E-state index is 12.8. The Labute approximate surface area is 191 Å². The SMILES string of the molecule is COc1ccc(CN2C(=O)N[C@H](CCC(=O)Nc3cccc4c3ccn4C)C2=O)cc1OC. The van der Waals surface area contributed by atoms with Crippen molar-refractivity contribution in [2.45, 2.75) is 25.4 Å². The highest BCUT2D eigenvalue weighted by molar-refractivity contribution is 6.05. The molecule has 0 spiro atoms. The van der Waals surface area contributed by atoms with Crippen molar-refractivity contribution in [3.8, 4) is 11.5 Å². The Bertz CT molecular complexity index is 1220. The van der Waals surface area contributed by atoms with E-state index in [-0.39, 0.29) is 31.2 Å². The molecule has 2 heterocycles. The van der Waals surface area contributed by atoms with E-state index >= 15 is 0 Å². The van der Waals surface area contributed by atoms with E-state index in [1.165, 1.54) is 14.2 Å². The van der Waals surface area contributed by atoms with E-state index in [9.17, 15) is 14.4 Å². The number of hydrogen-bond donors (Lipinski definition) is 2. The first-order valence-electron chi connectivity index (χ1n) is 10.6. The summed E-state index contributed by atoms with van der Waals surface area (Å²) < 4.78 is 12.5. The molecule has 1 aliphatic heterocycles. The van der Waals surface area contributed by atoms with Crippen LogP contribution in [0.25, 0.3) is 10.9 Å². The average Bonchev–Trinajstić information content (AvgIpc) is 3.32. The summed E-state index contributed by atoms with van der Waals surface area (Å²) in [5.41, 5.74) is 2.46. The Morgan fingerprint density at radius 1 is 1.09 bits per heavy atom. The van der Waals surface area contributed by atoms with Crippen molar-refractivity contribution < 1.29 is 23.9 Å². The van der Waals surface area contributed by atoms with Gasteiger partial charge in [0.05, 0.1) is 26.5 Å². The van der Waals surface area contributed by atoms with E-state index in [2.05, 4.69) is 10.6 Å². The minimum absolute atomic E-state index is 0.101. The molecule has 172 valence electrons. The normalized spacial score (nSPS) is 15.6. The van der Waals surface area contributed by atoms with Crippen molar-refractivity contribution in [1.82, 2.24) is 14.8 Å². The smallest absolute Gasteiger partial charge is 0.325 e. The van der Waals surface area contributed by atoms with Gasteiger partial charge in [0.1, 0.15) is 6.04 Å². The Morgan fingerprint density at radius 2 is 1.88 bits per heavy atom. The third-order valence-corrected chi connectivity index (χ3v) is 5.76. The van der Waals surface area contributed by atoms with Crippen molar-refractivity contribution in [3.63, 3.8) is 0 Å². The fourth-order valence-corrected chi connectivity index (χ4v) is 3.98. The maximum Gasteiger partial charge on any atom is 0.325 e. The van der Waals surface area contributed by atoms with Gasteiger partial charge in [-0.05, 0) is 42.3 Å². The van der Waals surface area contributed by atoms with Gasteiger partial charge in [-0.3, -0.25) is 14.5 Å². The number of amides is 4. The number of anilines is 1. The lowest BCUT2D eigenvalue weighted by molar-refractivity contribution is -0.128. The first kappa shape index (κ1) is 22.2. The number of hydrogen-bond acceptors (Lipinski definition) is 5. The van der Waals surface area contributed by atoms with Crippen molar-refractivity contribution in [3.05, 3.63) is 54.2 Å². The topological polar surface area (TPSA) is 102 Å². The Kier molecular flexibility index (Phi) is 6.21. The summed E-state index contributed by atoms with van der Waals surface area (Å²) >= 11 is 0. The molecule has 4 amide bonds. The van der Waals surface area contributed by atoms with Crippen molar-refractivity contribution in [2.75, 3.05) is 19.5 Å². The number of rotatable bonds is 8. The second-order valence-corrected chi connectivity index (χ2v) is 7.87. The summed E-state index contributed by atoms with van der Waals surface area (Å²) in [4.78, 5) is 38.9. The molecule has 2 aromatic carbocycles. The number of methoxy groups -OCH3 is 2. The molecular weight excluding hydrogens is 424 g/mol. The number of carbonyl (C=O) groups excluding carboxylic acids is 3. The van der Waals surface area contributed by atoms with Gasteiger partial charge < -0.3 is 24.7 Å². The predicted molar refractivity (Wildman–Crippen MR) is 123 cm³/mol. The fraction of sp³-hybridized carbons (Fsp3) is 0.292. The number of urea groups is 1. The van der Waals surface area contributed by atoms with E-state index in [1.807, 2.05) is 42.1 Å². The van der Waals surface area contributed by atoms with Crippen LogP contribution in [0.5, 0.6) is 11.5 Å². The van der Waals surface area contributed by atoms with Crippen LogP contribution in [0.3, 0.4) is 0 Å². The number of aromatic nitrogens is 1. The molecular formula is C24H26N4O5. The molecule has 9 nitrogen and oxygen atoms in total. The van der Waals surface area contributed by atoms with Gasteiger partial charge in [0, 0.05) is 30.6 Å². The van der Waals surface area contributed by atoms with Crippen LogP contribution in [0.1, 0.15) is 18.4 Å². The van der Waals surface area contributed by atoms with Gasteiger partial charge in [-0.1, -0.05) is 12.1 Å². The van der Waals surface area contributed by atoms with Crippen LogP contribution < -0.4 is 20.1 Å². The largest absolute Gasteiger partial charge is 0.493 e. The lowest BCUT2D eigenvalue weighted by Gasteiger charge is -2.15. The molecule has 1 saturated heterocycles. The van der Waals surface area contributed by atoms with Gasteiger partial charge in [-0.15, -0.1) is 0 Å². The quantitative estimate of drug-likeness (QED) is 0.514. The zero-order valence-corrected chi connectivity index (χ0v) is 18.8. The molecule has 9 heteroatoms. The number of nitrogens with zero attached hydrogens (tertiary/aromatic N) is 2. The van der Waals surface area contributed by atoms with Gasteiger partial charge in [0.25, 0.3) is 5.91 Å². The number of aryl methyl sites for hydroxylation is 1. The highest BCUT2D eigenvalue weighted by Crippen LogP contribution is 2.29. The molecule has 0 unspecified atom stereocenters. The third-order valence-electron chi connectivity index (χ3n) is 5.76. The minimum atomic E-state index is -0.740. The van der Waals surface area contributed by atoms with E-state index in [1.54, 1.807) is 18.2 Å². The van der Waals surface area contributed by atoms with Crippen LogP contribution in [-0.4, -0.2) is 47.6 Å². The zero-order chi connectivity index (χ0) is 23.5. The zero-order valence-electron chi connectivity index (χ0n) is 18.8. The van der Waals surface area contributed by atoms with Crippen molar-refractivity contribution >= 4 is 34.4 Å². The fourth-order valence-electron chi connectivity index (χ4n) is 3.98. The standard InChI is InChI=1S/C24H26N4O5/c1-27-12-11-16-17(5-4-6-19(16)27)25-22(29)10-8-18-23(30)28(24(31)26-18)14-15-7-9-20(32-2)21(13-15)33-3/h4-7,9,11-13,18H,8,10,14H2,1-3H3,(H,25,29)(H,26,31)/t18-/m1/s1. The number of nitrogens with one attached hydrogen (secondary N) is 2.